The summed E-state index contributed by atoms with van der Waals surface area (Å²) in [5, 5.41) is 3.42. The van der Waals surface area contributed by atoms with Crippen LogP contribution in [0.2, 0.25) is 5.02 Å². The third kappa shape index (κ3) is 5.14. The molecule has 0 spiro atoms. The first-order chi connectivity index (χ1) is 12.9. The van der Waals surface area contributed by atoms with Crippen molar-refractivity contribution in [2.45, 2.75) is 20.3 Å². The highest BCUT2D eigenvalue weighted by Crippen LogP contribution is 2.31. The summed E-state index contributed by atoms with van der Waals surface area (Å²) < 4.78 is 10.5. The van der Waals surface area contributed by atoms with E-state index in [0.29, 0.717) is 27.9 Å². The Bertz CT molecular complexity index is 839. The lowest BCUT2D eigenvalue weighted by molar-refractivity contribution is -0.117. The molecule has 1 N–H and O–H groups in total. The average molecular weight is 391 g/mol. The molecule has 2 rings (SSSR count). The van der Waals surface area contributed by atoms with Crippen molar-refractivity contribution in [2.75, 3.05) is 31.0 Å². The van der Waals surface area contributed by atoms with Crippen LogP contribution in [0.25, 0.3) is 0 Å². The molecule has 0 aliphatic rings. The van der Waals surface area contributed by atoms with Crippen LogP contribution in [0, 0.1) is 6.92 Å². The smallest absolute Gasteiger partial charge is 0.226 e. The fraction of sp³-hybridized carbons (Fsp3) is 0.300. The number of nitrogens with one attached hydrogen (secondary N) is 1. The van der Waals surface area contributed by atoms with Crippen LogP contribution >= 0.6 is 11.6 Å². The van der Waals surface area contributed by atoms with Crippen LogP contribution in [-0.4, -0.2) is 32.6 Å². The fourth-order valence-electron chi connectivity index (χ4n) is 2.63. The van der Waals surface area contributed by atoms with E-state index in [1.165, 1.54) is 18.9 Å². The number of hydrogen-bond donors (Lipinski definition) is 1. The second kappa shape index (κ2) is 9.28. The summed E-state index contributed by atoms with van der Waals surface area (Å²) in [4.78, 5) is 25.9. The largest absolute Gasteiger partial charge is 0.493 e. The molecule has 0 aromatic heterocycles. The number of anilines is 2. The maximum Gasteiger partial charge on any atom is 0.226 e. The Morgan fingerprint density at radius 2 is 1.81 bits per heavy atom. The molecule has 0 bridgehead atoms. The standard InChI is InChI=1S/C20H23ClN2O4/c1-13-16(21)6-5-7-17(13)22-20(25)10-11-23(14(2)24)15-8-9-18(26-3)19(12-15)27-4/h5-9,12H,10-11H2,1-4H3,(H,22,25). The molecule has 7 heteroatoms. The summed E-state index contributed by atoms with van der Waals surface area (Å²) in [6, 6.07) is 10.5. The molecule has 144 valence electrons. The molecule has 0 saturated heterocycles. The maximum atomic E-state index is 12.3. The van der Waals surface area contributed by atoms with Crippen LogP contribution < -0.4 is 19.7 Å². The Hall–Kier alpha value is -2.73. The zero-order chi connectivity index (χ0) is 20.0. The van der Waals surface area contributed by atoms with Crippen molar-refractivity contribution in [1.29, 1.82) is 0 Å². The number of carbonyl (C=O) groups excluding carboxylic acids is 2. The minimum Gasteiger partial charge on any atom is -0.493 e. The average Bonchev–Trinajstić information content (AvgIpc) is 2.65. The second-order valence-electron chi connectivity index (χ2n) is 5.92. The van der Waals surface area contributed by atoms with Gasteiger partial charge in [-0.05, 0) is 36.8 Å². The number of methoxy groups -OCH3 is 2. The van der Waals surface area contributed by atoms with Crippen molar-refractivity contribution in [1.82, 2.24) is 0 Å². The first kappa shape index (κ1) is 20.6. The van der Waals surface area contributed by atoms with E-state index < -0.39 is 0 Å². The minimum atomic E-state index is -0.202. The summed E-state index contributed by atoms with van der Waals surface area (Å²) >= 11 is 6.07. The van der Waals surface area contributed by atoms with E-state index in [2.05, 4.69) is 5.32 Å². The normalized spacial score (nSPS) is 10.3. The number of hydrogen-bond acceptors (Lipinski definition) is 4. The first-order valence-corrected chi connectivity index (χ1v) is 8.80. The van der Waals surface area contributed by atoms with Crippen LogP contribution in [0.3, 0.4) is 0 Å². The van der Waals surface area contributed by atoms with E-state index in [4.69, 9.17) is 21.1 Å². The van der Waals surface area contributed by atoms with Crippen LogP contribution in [-0.2, 0) is 9.59 Å². The molecule has 27 heavy (non-hydrogen) atoms. The number of nitrogens with zero attached hydrogens (tertiary/aromatic N) is 1. The molecule has 0 atom stereocenters. The SMILES string of the molecule is COc1ccc(N(CCC(=O)Nc2cccc(Cl)c2C)C(C)=O)cc1OC. The molecular weight excluding hydrogens is 368 g/mol. The van der Waals surface area contributed by atoms with Gasteiger partial charge in [0.2, 0.25) is 11.8 Å². The molecular formula is C20H23ClN2O4. The van der Waals surface area contributed by atoms with Gasteiger partial charge in [0.1, 0.15) is 0 Å². The van der Waals surface area contributed by atoms with Gasteiger partial charge < -0.3 is 19.7 Å². The van der Waals surface area contributed by atoms with E-state index in [9.17, 15) is 9.59 Å². The van der Waals surface area contributed by atoms with Gasteiger partial charge in [-0.1, -0.05) is 17.7 Å². The Morgan fingerprint density at radius 3 is 2.44 bits per heavy atom. The van der Waals surface area contributed by atoms with Gasteiger partial charge in [0, 0.05) is 42.4 Å². The summed E-state index contributed by atoms with van der Waals surface area (Å²) in [5.41, 5.74) is 2.09. The van der Waals surface area contributed by atoms with Gasteiger partial charge in [-0.2, -0.15) is 0 Å². The fourth-order valence-corrected chi connectivity index (χ4v) is 2.80. The lowest BCUT2D eigenvalue weighted by atomic mass is 10.2. The van der Waals surface area contributed by atoms with Crippen LogP contribution in [0.4, 0.5) is 11.4 Å². The number of halogens is 1. The van der Waals surface area contributed by atoms with Gasteiger partial charge in [0.05, 0.1) is 14.2 Å². The Balaban J connectivity index is 2.09. The van der Waals surface area contributed by atoms with Gasteiger partial charge in [-0.25, -0.2) is 0 Å². The number of carbonyl (C=O) groups is 2. The highest BCUT2D eigenvalue weighted by atomic mass is 35.5. The van der Waals surface area contributed by atoms with E-state index in [0.717, 1.165) is 5.56 Å². The van der Waals surface area contributed by atoms with Crippen molar-refractivity contribution in [2.24, 2.45) is 0 Å². The highest BCUT2D eigenvalue weighted by molar-refractivity contribution is 6.31. The van der Waals surface area contributed by atoms with Crippen molar-refractivity contribution in [3.8, 4) is 11.5 Å². The topological polar surface area (TPSA) is 67.9 Å². The molecule has 0 aliphatic heterocycles. The molecule has 0 radical (unpaired) electrons. The lowest BCUT2D eigenvalue weighted by Gasteiger charge is -2.22. The van der Waals surface area contributed by atoms with Crippen LogP contribution in [0.1, 0.15) is 18.9 Å². The van der Waals surface area contributed by atoms with Crippen molar-refractivity contribution >= 4 is 34.8 Å². The van der Waals surface area contributed by atoms with Gasteiger partial charge in [0.25, 0.3) is 0 Å². The zero-order valence-electron chi connectivity index (χ0n) is 15.8. The number of rotatable bonds is 7. The number of amides is 2. The summed E-state index contributed by atoms with van der Waals surface area (Å²) in [6.45, 7) is 3.52. The lowest BCUT2D eigenvalue weighted by Crippen LogP contribution is -2.32. The first-order valence-electron chi connectivity index (χ1n) is 8.42. The van der Waals surface area contributed by atoms with E-state index in [1.807, 2.05) is 6.92 Å². The summed E-state index contributed by atoms with van der Waals surface area (Å²) in [6.07, 6.45) is 0.139. The van der Waals surface area contributed by atoms with Crippen molar-refractivity contribution in [3.63, 3.8) is 0 Å². The van der Waals surface area contributed by atoms with E-state index in [1.54, 1.807) is 43.5 Å². The third-order valence-electron chi connectivity index (χ3n) is 4.16. The molecule has 2 aromatic carbocycles. The monoisotopic (exact) mass is 390 g/mol. The van der Waals surface area contributed by atoms with E-state index in [-0.39, 0.29) is 24.8 Å². The number of benzene rings is 2. The Morgan fingerprint density at radius 1 is 1.11 bits per heavy atom. The highest BCUT2D eigenvalue weighted by Gasteiger charge is 2.16. The minimum absolute atomic E-state index is 0.139. The molecule has 0 heterocycles. The summed E-state index contributed by atoms with van der Waals surface area (Å²) in [5.74, 6) is 0.709. The van der Waals surface area contributed by atoms with Crippen molar-refractivity contribution < 1.29 is 19.1 Å². The van der Waals surface area contributed by atoms with E-state index >= 15 is 0 Å². The molecule has 0 fully saturated rings. The van der Waals surface area contributed by atoms with Crippen molar-refractivity contribution in [3.05, 3.63) is 47.0 Å². The second-order valence-corrected chi connectivity index (χ2v) is 6.33. The summed E-state index contributed by atoms with van der Waals surface area (Å²) in [7, 11) is 3.07. The Kier molecular flexibility index (Phi) is 7.07. The van der Waals surface area contributed by atoms with Crippen LogP contribution in [0.5, 0.6) is 11.5 Å². The quantitative estimate of drug-likeness (QED) is 0.774. The predicted molar refractivity (Wildman–Crippen MR) is 107 cm³/mol. The van der Waals surface area contributed by atoms with Gasteiger partial charge in [-0.3, -0.25) is 9.59 Å². The van der Waals surface area contributed by atoms with Gasteiger partial charge in [0.15, 0.2) is 11.5 Å². The third-order valence-corrected chi connectivity index (χ3v) is 4.57. The van der Waals surface area contributed by atoms with Crippen LogP contribution in [0.15, 0.2) is 36.4 Å². The predicted octanol–water partition coefficient (Wildman–Crippen LogP) is 4.05. The number of ether oxygens (including phenoxy) is 2. The maximum absolute atomic E-state index is 12.3. The molecule has 2 amide bonds. The molecule has 2 aromatic rings. The Labute approximate surface area is 164 Å². The van der Waals surface area contributed by atoms with Gasteiger partial charge >= 0.3 is 0 Å². The van der Waals surface area contributed by atoms with Gasteiger partial charge in [-0.15, -0.1) is 0 Å². The molecule has 6 nitrogen and oxygen atoms in total. The molecule has 0 saturated carbocycles. The zero-order valence-corrected chi connectivity index (χ0v) is 16.6. The molecule has 0 aliphatic carbocycles. The molecule has 0 unspecified atom stereocenters.